The second kappa shape index (κ2) is 5.16. The summed E-state index contributed by atoms with van der Waals surface area (Å²) in [6.07, 6.45) is 6.01. The minimum Gasteiger partial charge on any atom is -0.468 e. The summed E-state index contributed by atoms with van der Waals surface area (Å²) < 4.78 is 4.25. The van der Waals surface area contributed by atoms with Gasteiger partial charge in [0, 0.05) is 12.0 Å². The van der Waals surface area contributed by atoms with E-state index in [9.17, 15) is 4.79 Å². The topological polar surface area (TPSA) is 64.3 Å². The zero-order chi connectivity index (χ0) is 11.1. The molecular weight excluding hydrogens is 340 g/mol. The third-order valence-corrected chi connectivity index (χ3v) is 4.58. The first kappa shape index (κ1) is 14.2. The minimum absolute atomic E-state index is 0. The van der Waals surface area contributed by atoms with E-state index in [1.54, 1.807) is 0 Å². The fourth-order valence-corrected chi connectivity index (χ4v) is 3.71. The first-order chi connectivity index (χ1) is 7.11. The van der Waals surface area contributed by atoms with Crippen LogP contribution in [0, 0.1) is 11.8 Å². The molecule has 4 atom stereocenters. The number of ether oxygens (including phenoxy) is 1. The summed E-state index contributed by atoms with van der Waals surface area (Å²) >= 11 is 3.54. The zero-order valence-corrected chi connectivity index (χ0v) is 12.3. The Balaban J connectivity index is 0.00000128. The van der Waals surface area contributed by atoms with Gasteiger partial charge in [-0.1, -0.05) is 28.1 Å². The Morgan fingerprint density at radius 1 is 1.62 bits per heavy atom. The lowest BCUT2D eigenvalue weighted by Gasteiger charge is -2.47. The number of hydrogen-bond acceptors (Lipinski definition) is 4. The quantitative estimate of drug-likeness (QED) is 0.257. The number of nitrogens with one attached hydrogen (secondary N) is 1. The van der Waals surface area contributed by atoms with Crippen molar-refractivity contribution in [1.82, 2.24) is 5.43 Å². The number of alkyl halides is 1. The highest BCUT2D eigenvalue weighted by atomic mass is 79.9. The molecule has 0 spiro atoms. The molecule has 0 heterocycles. The minimum atomic E-state index is -0.601. The van der Waals surface area contributed by atoms with Crippen molar-refractivity contribution in [1.29, 1.82) is 0 Å². The molecule has 3 N–H and O–H groups in total. The molecule has 0 aliphatic heterocycles. The maximum absolute atomic E-state index is 11.8. The van der Waals surface area contributed by atoms with E-state index in [-0.39, 0.29) is 34.9 Å². The van der Waals surface area contributed by atoms with Crippen molar-refractivity contribution < 1.29 is 9.53 Å². The SMILES string of the molecule is Br.COC(=O)C1(Br)CC2C=CC1C(NN)C2. The largest absolute Gasteiger partial charge is 0.468 e. The first-order valence-corrected chi connectivity index (χ1v) is 5.83. The van der Waals surface area contributed by atoms with E-state index in [4.69, 9.17) is 10.6 Å². The fourth-order valence-electron chi connectivity index (χ4n) is 2.66. The molecule has 0 saturated heterocycles. The third-order valence-electron chi connectivity index (χ3n) is 3.41. The lowest BCUT2D eigenvalue weighted by atomic mass is 9.66. The van der Waals surface area contributed by atoms with Crippen LogP contribution in [0.1, 0.15) is 12.8 Å². The molecule has 16 heavy (non-hydrogen) atoms. The summed E-state index contributed by atoms with van der Waals surface area (Å²) in [7, 11) is 1.42. The molecule has 3 aliphatic rings. The molecule has 4 nitrogen and oxygen atoms in total. The van der Waals surface area contributed by atoms with Crippen molar-refractivity contribution in [3.05, 3.63) is 12.2 Å². The van der Waals surface area contributed by atoms with Gasteiger partial charge in [0.25, 0.3) is 0 Å². The number of esters is 1. The standard InChI is InChI=1S/C10H15BrN2O2.BrH/c1-15-9(14)10(11)5-6-2-3-7(10)8(4-6)13-12;/h2-3,6-8,13H,4-5,12H2,1H3;1H. The van der Waals surface area contributed by atoms with Gasteiger partial charge in [-0.3, -0.25) is 16.1 Å². The maximum atomic E-state index is 11.8. The molecular formula is C10H16Br2N2O2. The summed E-state index contributed by atoms with van der Waals surface area (Å²) in [5.74, 6) is 5.76. The van der Waals surface area contributed by atoms with Gasteiger partial charge in [-0.25, -0.2) is 0 Å². The van der Waals surface area contributed by atoms with Crippen LogP contribution < -0.4 is 11.3 Å². The van der Waals surface area contributed by atoms with Crippen molar-refractivity contribution in [2.24, 2.45) is 17.7 Å². The molecule has 0 radical (unpaired) electrons. The van der Waals surface area contributed by atoms with Crippen LogP contribution in [0.4, 0.5) is 0 Å². The average Bonchev–Trinajstić information content (AvgIpc) is 2.28. The van der Waals surface area contributed by atoms with Gasteiger partial charge in [0.15, 0.2) is 0 Å². The van der Waals surface area contributed by atoms with Crippen LogP contribution in [-0.4, -0.2) is 23.4 Å². The molecule has 1 saturated carbocycles. The van der Waals surface area contributed by atoms with E-state index in [1.165, 1.54) is 7.11 Å². The Kier molecular flexibility index (Phi) is 4.57. The van der Waals surface area contributed by atoms with E-state index < -0.39 is 4.32 Å². The number of hydrazine groups is 1. The second-order valence-electron chi connectivity index (χ2n) is 4.24. The number of allylic oxidation sites excluding steroid dienone is 1. The summed E-state index contributed by atoms with van der Waals surface area (Å²) in [6.45, 7) is 0. The van der Waals surface area contributed by atoms with Crippen LogP contribution in [0.3, 0.4) is 0 Å². The lowest BCUT2D eigenvalue weighted by Crippen LogP contribution is -2.58. The van der Waals surface area contributed by atoms with Crippen molar-refractivity contribution in [3.8, 4) is 0 Å². The van der Waals surface area contributed by atoms with E-state index in [0.717, 1.165) is 12.8 Å². The van der Waals surface area contributed by atoms with Gasteiger partial charge in [-0.05, 0) is 18.8 Å². The Morgan fingerprint density at radius 3 is 2.81 bits per heavy atom. The van der Waals surface area contributed by atoms with Crippen molar-refractivity contribution >= 4 is 38.9 Å². The average molecular weight is 356 g/mol. The Hall–Kier alpha value is 0.0900. The molecule has 1 fully saturated rings. The molecule has 0 aromatic carbocycles. The number of nitrogens with two attached hydrogens (primary N) is 1. The number of fused-ring (bicyclic) bond motifs is 2. The highest BCUT2D eigenvalue weighted by Crippen LogP contribution is 2.48. The third kappa shape index (κ3) is 2.08. The number of halogens is 2. The Morgan fingerprint density at radius 2 is 2.31 bits per heavy atom. The molecule has 0 amide bonds. The molecule has 0 aromatic heterocycles. The van der Waals surface area contributed by atoms with Crippen LogP contribution in [0.25, 0.3) is 0 Å². The number of carbonyl (C=O) groups excluding carboxylic acids is 1. The zero-order valence-electron chi connectivity index (χ0n) is 8.98. The monoisotopic (exact) mass is 354 g/mol. The van der Waals surface area contributed by atoms with E-state index in [1.807, 2.05) is 0 Å². The van der Waals surface area contributed by atoms with Crippen LogP contribution in [0.5, 0.6) is 0 Å². The van der Waals surface area contributed by atoms with Gasteiger partial charge in [-0.2, -0.15) is 0 Å². The number of hydrogen-bond donors (Lipinski definition) is 2. The fraction of sp³-hybridized carbons (Fsp3) is 0.700. The molecule has 3 rings (SSSR count). The normalized spacial score (nSPS) is 40.3. The van der Waals surface area contributed by atoms with Crippen molar-refractivity contribution in [2.45, 2.75) is 23.2 Å². The van der Waals surface area contributed by atoms with Gasteiger partial charge in [0.1, 0.15) is 4.32 Å². The predicted octanol–water partition coefficient (Wildman–Crippen LogP) is 1.30. The molecule has 0 aromatic rings. The summed E-state index contributed by atoms with van der Waals surface area (Å²) in [5, 5.41) is 0. The van der Waals surface area contributed by atoms with Gasteiger partial charge >= 0.3 is 5.97 Å². The second-order valence-corrected chi connectivity index (χ2v) is 5.65. The first-order valence-electron chi connectivity index (χ1n) is 5.03. The van der Waals surface area contributed by atoms with Crippen LogP contribution in [0.15, 0.2) is 12.2 Å². The van der Waals surface area contributed by atoms with Crippen LogP contribution >= 0.6 is 32.9 Å². The highest BCUT2D eigenvalue weighted by molar-refractivity contribution is 9.10. The lowest BCUT2D eigenvalue weighted by molar-refractivity contribution is -0.146. The molecule has 4 unspecified atom stereocenters. The Labute approximate surface area is 114 Å². The summed E-state index contributed by atoms with van der Waals surface area (Å²) in [5.41, 5.74) is 2.78. The highest BCUT2D eigenvalue weighted by Gasteiger charge is 2.53. The summed E-state index contributed by atoms with van der Waals surface area (Å²) in [6, 6.07) is 0.146. The van der Waals surface area contributed by atoms with Gasteiger partial charge in [-0.15, -0.1) is 17.0 Å². The molecule has 3 aliphatic carbocycles. The van der Waals surface area contributed by atoms with Gasteiger partial charge in [0.2, 0.25) is 0 Å². The smallest absolute Gasteiger partial charge is 0.323 e. The van der Waals surface area contributed by atoms with E-state index >= 15 is 0 Å². The van der Waals surface area contributed by atoms with Crippen molar-refractivity contribution in [3.63, 3.8) is 0 Å². The van der Waals surface area contributed by atoms with Crippen LogP contribution in [-0.2, 0) is 9.53 Å². The van der Waals surface area contributed by atoms with E-state index in [2.05, 4.69) is 33.5 Å². The van der Waals surface area contributed by atoms with Crippen molar-refractivity contribution in [2.75, 3.05) is 7.11 Å². The molecule has 6 heteroatoms. The van der Waals surface area contributed by atoms with E-state index in [0.29, 0.717) is 5.92 Å². The molecule has 2 bridgehead atoms. The Bertz CT molecular complexity index is 311. The predicted molar refractivity (Wildman–Crippen MR) is 70.5 cm³/mol. The van der Waals surface area contributed by atoms with Crippen LogP contribution in [0.2, 0.25) is 0 Å². The number of carbonyl (C=O) groups is 1. The molecule has 92 valence electrons. The van der Waals surface area contributed by atoms with Gasteiger partial charge < -0.3 is 4.74 Å². The number of rotatable bonds is 2. The number of methoxy groups -OCH3 is 1. The maximum Gasteiger partial charge on any atom is 0.323 e. The summed E-state index contributed by atoms with van der Waals surface area (Å²) in [4.78, 5) is 11.8. The van der Waals surface area contributed by atoms with Gasteiger partial charge in [0.05, 0.1) is 7.11 Å².